The molecule has 0 heterocycles. The molecule has 4 N–H and O–H groups in total. The van der Waals surface area contributed by atoms with Crippen LogP contribution in [0.4, 0.5) is 0 Å². The third-order valence-electron chi connectivity index (χ3n) is 16.7. The Kier molecular flexibility index (Phi) is 6.40. The fourth-order valence-electron chi connectivity index (χ4n) is 14.6. The standard InChI is InChI=1S/C38H54O6/c1-34-14-11-22(39)17-20(34)5-8-24-26-13-16-38(44,36(26,3)19-29(41)31(24)34)33-32(43)28(40)18-21-6-7-23-25-9-10-30(42)35(25,2)15-12-27(23)37(21,33)4/h17-18,23-31,33,40-42,44H,5-16,19H2,1-4H3/t23-,24-,25-,26-,27-,28?,29?,30-,31-,33?,34-,35-,36-,37-,38?/m0/s1. The third kappa shape index (κ3) is 3.48. The first-order valence-electron chi connectivity index (χ1n) is 18.0. The van der Waals surface area contributed by atoms with E-state index in [1.54, 1.807) is 0 Å². The maximum absolute atomic E-state index is 14.4. The van der Waals surface area contributed by atoms with E-state index in [4.69, 9.17) is 0 Å². The molecule has 0 aromatic carbocycles. The van der Waals surface area contributed by atoms with Crippen LogP contribution in [0.1, 0.15) is 111 Å². The minimum absolute atomic E-state index is 0.0543. The molecule has 8 aliphatic rings. The molecule has 6 fully saturated rings. The number of hydrogen-bond donors (Lipinski definition) is 4. The highest BCUT2D eigenvalue weighted by Crippen LogP contribution is 2.73. The van der Waals surface area contributed by atoms with Gasteiger partial charge in [0.25, 0.3) is 0 Å². The first-order chi connectivity index (χ1) is 20.7. The predicted molar refractivity (Wildman–Crippen MR) is 166 cm³/mol. The van der Waals surface area contributed by atoms with E-state index >= 15 is 0 Å². The minimum atomic E-state index is -1.33. The Morgan fingerprint density at radius 1 is 0.750 bits per heavy atom. The van der Waals surface area contributed by atoms with Crippen molar-refractivity contribution in [1.82, 2.24) is 0 Å². The molecule has 44 heavy (non-hydrogen) atoms. The van der Waals surface area contributed by atoms with E-state index in [9.17, 15) is 30.0 Å². The fraction of sp³-hybridized carbons (Fsp3) is 0.842. The van der Waals surface area contributed by atoms with Crippen molar-refractivity contribution in [3.05, 3.63) is 23.3 Å². The van der Waals surface area contributed by atoms with E-state index in [0.29, 0.717) is 31.1 Å². The number of carbonyl (C=O) groups excluding carboxylic acids is 2. The lowest BCUT2D eigenvalue weighted by molar-refractivity contribution is -0.215. The Morgan fingerprint density at radius 3 is 2.23 bits per heavy atom. The van der Waals surface area contributed by atoms with Crippen molar-refractivity contribution < 1.29 is 30.0 Å². The van der Waals surface area contributed by atoms with E-state index in [0.717, 1.165) is 69.8 Å². The van der Waals surface area contributed by atoms with Gasteiger partial charge in [0, 0.05) is 17.3 Å². The zero-order valence-electron chi connectivity index (χ0n) is 27.2. The van der Waals surface area contributed by atoms with Crippen LogP contribution in [0.3, 0.4) is 0 Å². The van der Waals surface area contributed by atoms with Crippen molar-refractivity contribution in [3.8, 4) is 0 Å². The van der Waals surface area contributed by atoms with Gasteiger partial charge in [-0.2, -0.15) is 0 Å². The van der Waals surface area contributed by atoms with Gasteiger partial charge in [-0.3, -0.25) is 9.59 Å². The van der Waals surface area contributed by atoms with E-state index in [1.165, 1.54) is 5.57 Å². The van der Waals surface area contributed by atoms with Gasteiger partial charge in [-0.15, -0.1) is 0 Å². The smallest absolute Gasteiger partial charge is 0.172 e. The predicted octanol–water partition coefficient (Wildman–Crippen LogP) is 5.31. The van der Waals surface area contributed by atoms with Crippen LogP contribution in [0.15, 0.2) is 23.3 Å². The summed E-state index contributed by atoms with van der Waals surface area (Å²) in [6.07, 6.45) is 12.1. The molecule has 6 saturated carbocycles. The van der Waals surface area contributed by atoms with E-state index in [-0.39, 0.29) is 52.2 Å². The molecule has 0 saturated heterocycles. The summed E-state index contributed by atoms with van der Waals surface area (Å²) >= 11 is 0. The SMILES string of the molecule is C[C@]12CC[C@H]3[C@@H](CCC4=CC(O)C(=O)C(C5(O)CC[C@H]6[C@@H]7CCC8=CC(=O)CC[C@]8(C)[C@@H]7C(O)C[C@@]65C)[C@@]43C)[C@@H]1CC[C@@H]2O. The summed E-state index contributed by atoms with van der Waals surface area (Å²) in [5.41, 5.74) is -0.457. The van der Waals surface area contributed by atoms with E-state index < -0.39 is 34.6 Å². The lowest BCUT2D eigenvalue weighted by Crippen LogP contribution is -2.68. The zero-order valence-corrected chi connectivity index (χ0v) is 27.2. The van der Waals surface area contributed by atoms with Gasteiger partial charge < -0.3 is 20.4 Å². The molecular weight excluding hydrogens is 552 g/mol. The summed E-state index contributed by atoms with van der Waals surface area (Å²) in [5, 5.41) is 47.7. The molecule has 0 bridgehead atoms. The first-order valence-corrected chi connectivity index (χ1v) is 18.0. The van der Waals surface area contributed by atoms with Gasteiger partial charge in [-0.1, -0.05) is 38.8 Å². The van der Waals surface area contributed by atoms with Crippen molar-refractivity contribution in [2.75, 3.05) is 0 Å². The van der Waals surface area contributed by atoms with Crippen LogP contribution in [0.25, 0.3) is 0 Å². The molecular formula is C38H54O6. The Hall–Kier alpha value is -1.34. The van der Waals surface area contributed by atoms with Crippen LogP contribution in [0, 0.1) is 63.1 Å². The number of aliphatic hydroxyl groups excluding tert-OH is 3. The summed E-state index contributed by atoms with van der Waals surface area (Å²) in [6.45, 7) is 8.94. The number of Topliss-reactive ketones (excluding diaryl/α,β-unsaturated/α-hetero) is 1. The van der Waals surface area contributed by atoms with Crippen LogP contribution in [-0.2, 0) is 9.59 Å². The fourth-order valence-corrected chi connectivity index (χ4v) is 14.6. The van der Waals surface area contributed by atoms with Gasteiger partial charge in [-0.05, 0) is 136 Å². The summed E-state index contributed by atoms with van der Waals surface area (Å²) in [6, 6.07) is 0. The van der Waals surface area contributed by atoms with Crippen LogP contribution < -0.4 is 0 Å². The second-order valence-electron chi connectivity index (χ2n) is 17.8. The molecule has 15 atom stereocenters. The molecule has 0 amide bonds. The molecule has 6 nitrogen and oxygen atoms in total. The van der Waals surface area contributed by atoms with Crippen molar-refractivity contribution in [1.29, 1.82) is 0 Å². The molecule has 6 heteroatoms. The molecule has 0 aliphatic heterocycles. The Morgan fingerprint density at radius 2 is 1.45 bits per heavy atom. The maximum Gasteiger partial charge on any atom is 0.172 e. The molecule has 242 valence electrons. The zero-order chi connectivity index (χ0) is 31.2. The largest absolute Gasteiger partial charge is 0.393 e. The third-order valence-corrected chi connectivity index (χ3v) is 16.7. The summed E-state index contributed by atoms with van der Waals surface area (Å²) in [7, 11) is 0. The quantitative estimate of drug-likeness (QED) is 0.301. The van der Waals surface area contributed by atoms with Crippen LogP contribution >= 0.6 is 0 Å². The van der Waals surface area contributed by atoms with Gasteiger partial charge in [0.1, 0.15) is 6.10 Å². The lowest BCUT2D eigenvalue weighted by Gasteiger charge is -2.65. The van der Waals surface area contributed by atoms with Crippen molar-refractivity contribution in [2.45, 2.75) is 135 Å². The molecule has 4 unspecified atom stereocenters. The Bertz CT molecular complexity index is 1350. The van der Waals surface area contributed by atoms with Gasteiger partial charge in [0.2, 0.25) is 0 Å². The highest BCUT2D eigenvalue weighted by Gasteiger charge is 2.73. The molecule has 8 aliphatic carbocycles. The second kappa shape index (κ2) is 9.39. The number of rotatable bonds is 1. The van der Waals surface area contributed by atoms with Crippen molar-refractivity contribution in [2.24, 2.45) is 63.1 Å². The number of hydrogen-bond acceptors (Lipinski definition) is 6. The molecule has 8 rings (SSSR count). The highest BCUT2D eigenvalue weighted by atomic mass is 16.3. The summed E-state index contributed by atoms with van der Waals surface area (Å²) in [4.78, 5) is 26.8. The first kappa shape index (κ1) is 30.0. The van der Waals surface area contributed by atoms with Gasteiger partial charge in [0.05, 0.1) is 23.7 Å². The summed E-state index contributed by atoms with van der Waals surface area (Å²) < 4.78 is 0. The van der Waals surface area contributed by atoms with Crippen molar-refractivity contribution in [3.63, 3.8) is 0 Å². The molecule has 0 aromatic heterocycles. The summed E-state index contributed by atoms with van der Waals surface area (Å²) in [5.74, 6) is 0.759. The van der Waals surface area contributed by atoms with Gasteiger partial charge in [0.15, 0.2) is 11.6 Å². The lowest BCUT2D eigenvalue weighted by atomic mass is 9.40. The average molecular weight is 607 g/mol. The Labute approximate surface area is 262 Å². The second-order valence-corrected chi connectivity index (χ2v) is 17.8. The van der Waals surface area contributed by atoms with Crippen molar-refractivity contribution >= 4 is 11.6 Å². The van der Waals surface area contributed by atoms with E-state index in [1.807, 2.05) is 12.2 Å². The normalized spacial score (nSPS) is 58.1. The van der Waals surface area contributed by atoms with Gasteiger partial charge >= 0.3 is 0 Å². The molecule has 0 radical (unpaired) electrons. The number of allylic oxidation sites excluding steroid dienone is 2. The number of aliphatic hydroxyl groups is 4. The van der Waals surface area contributed by atoms with Crippen LogP contribution in [0.2, 0.25) is 0 Å². The number of carbonyl (C=O) groups is 2. The van der Waals surface area contributed by atoms with Crippen LogP contribution in [-0.4, -0.2) is 55.9 Å². The van der Waals surface area contributed by atoms with Gasteiger partial charge in [-0.25, -0.2) is 0 Å². The molecule has 0 spiro atoms. The maximum atomic E-state index is 14.4. The highest BCUT2D eigenvalue weighted by molar-refractivity contribution is 5.92. The Balaban J connectivity index is 1.19. The molecule has 0 aromatic rings. The number of fused-ring (bicyclic) bond motifs is 10. The van der Waals surface area contributed by atoms with E-state index in [2.05, 4.69) is 27.7 Å². The minimum Gasteiger partial charge on any atom is -0.393 e. The monoisotopic (exact) mass is 606 g/mol. The average Bonchev–Trinajstić information content (AvgIpc) is 3.41. The topological polar surface area (TPSA) is 115 Å². The number of ketones is 2. The van der Waals surface area contributed by atoms with Crippen LogP contribution in [0.5, 0.6) is 0 Å².